The Bertz CT molecular complexity index is 559. The number of aromatic nitrogens is 2. The summed E-state index contributed by atoms with van der Waals surface area (Å²) in [7, 11) is 1.97. The Labute approximate surface area is 145 Å². The minimum Gasteiger partial charge on any atom is -0.337 e. The van der Waals surface area contributed by atoms with E-state index in [-0.39, 0.29) is 23.9 Å². The van der Waals surface area contributed by atoms with E-state index in [2.05, 4.69) is 35.9 Å². The summed E-state index contributed by atoms with van der Waals surface area (Å²) in [5.41, 5.74) is 1.79. The lowest BCUT2D eigenvalue weighted by molar-refractivity contribution is 0.0779. The molecule has 130 valence electrons. The van der Waals surface area contributed by atoms with Gasteiger partial charge in [-0.2, -0.15) is 5.10 Å². The molecule has 23 heavy (non-hydrogen) atoms. The van der Waals surface area contributed by atoms with Crippen LogP contribution < -0.4 is 5.32 Å². The number of carbonyl (C=O) groups excluding carboxylic acids is 1. The van der Waals surface area contributed by atoms with Crippen LogP contribution in [0.5, 0.6) is 0 Å². The molecule has 1 aliphatic carbocycles. The third-order valence-corrected chi connectivity index (χ3v) is 4.65. The van der Waals surface area contributed by atoms with E-state index < -0.39 is 0 Å². The molecule has 1 saturated carbocycles. The zero-order valence-electron chi connectivity index (χ0n) is 14.6. The summed E-state index contributed by atoms with van der Waals surface area (Å²) in [6, 6.07) is 2.04. The van der Waals surface area contributed by atoms with Crippen molar-refractivity contribution in [2.75, 3.05) is 26.7 Å². The van der Waals surface area contributed by atoms with Crippen LogP contribution in [0.25, 0.3) is 0 Å². The standard InChI is InChI=1S/C17H28N4O.ClH/c1-17(2,3)21-15(13-5-6-13)9-14(19-21)16(22)20-8-7-12(11-20)10-18-4;/h9,12-13,18H,5-8,10-11H2,1-4H3;1H. The molecule has 0 aromatic carbocycles. The van der Waals surface area contributed by atoms with Gasteiger partial charge in [-0.05, 0) is 65.6 Å². The highest BCUT2D eigenvalue weighted by molar-refractivity contribution is 5.92. The van der Waals surface area contributed by atoms with Crippen molar-refractivity contribution in [3.63, 3.8) is 0 Å². The van der Waals surface area contributed by atoms with Crippen LogP contribution in [0.4, 0.5) is 0 Å². The highest BCUT2D eigenvalue weighted by Crippen LogP contribution is 2.41. The Balaban J connectivity index is 0.00000192. The van der Waals surface area contributed by atoms with E-state index in [1.165, 1.54) is 18.5 Å². The van der Waals surface area contributed by atoms with Crippen LogP contribution in [0, 0.1) is 5.92 Å². The summed E-state index contributed by atoms with van der Waals surface area (Å²) in [6.07, 6.45) is 3.54. The first-order chi connectivity index (χ1) is 10.4. The summed E-state index contributed by atoms with van der Waals surface area (Å²) in [6.45, 7) is 9.14. The molecule has 0 bridgehead atoms. The van der Waals surface area contributed by atoms with E-state index in [1.807, 2.05) is 18.0 Å². The molecule has 1 saturated heterocycles. The van der Waals surface area contributed by atoms with Gasteiger partial charge < -0.3 is 10.2 Å². The van der Waals surface area contributed by atoms with Gasteiger partial charge in [-0.3, -0.25) is 9.48 Å². The van der Waals surface area contributed by atoms with E-state index in [0.717, 1.165) is 26.1 Å². The number of rotatable bonds is 4. The molecule has 3 rings (SSSR count). The second kappa shape index (κ2) is 6.81. The first-order valence-corrected chi connectivity index (χ1v) is 8.44. The first kappa shape index (κ1) is 18.3. The molecule has 1 N–H and O–H groups in total. The average Bonchev–Trinajstić information content (AvgIpc) is 3.01. The molecule has 2 heterocycles. The fraction of sp³-hybridized carbons (Fsp3) is 0.765. The Hall–Kier alpha value is -1.07. The Morgan fingerprint density at radius 1 is 1.35 bits per heavy atom. The molecule has 2 fully saturated rings. The summed E-state index contributed by atoms with van der Waals surface area (Å²) in [5.74, 6) is 1.27. The minimum absolute atomic E-state index is 0. The molecular weight excluding hydrogens is 312 g/mol. The topological polar surface area (TPSA) is 50.2 Å². The van der Waals surface area contributed by atoms with E-state index in [0.29, 0.717) is 17.5 Å². The zero-order chi connectivity index (χ0) is 15.9. The van der Waals surface area contributed by atoms with Crippen LogP contribution in [0.3, 0.4) is 0 Å². The molecule has 6 heteroatoms. The van der Waals surface area contributed by atoms with Gasteiger partial charge in [0, 0.05) is 24.7 Å². The van der Waals surface area contributed by atoms with Gasteiger partial charge >= 0.3 is 0 Å². The van der Waals surface area contributed by atoms with Crippen LogP contribution in [0.1, 0.15) is 62.1 Å². The molecule has 1 aromatic heterocycles. The van der Waals surface area contributed by atoms with E-state index in [1.54, 1.807) is 0 Å². The molecule has 0 radical (unpaired) electrons. The molecular formula is C17H29ClN4O. The van der Waals surface area contributed by atoms with Crippen molar-refractivity contribution >= 4 is 18.3 Å². The van der Waals surface area contributed by atoms with Crippen LogP contribution in [-0.2, 0) is 5.54 Å². The maximum atomic E-state index is 12.8. The predicted molar refractivity (Wildman–Crippen MR) is 94.4 cm³/mol. The van der Waals surface area contributed by atoms with Crippen LogP contribution in [-0.4, -0.2) is 47.3 Å². The number of likely N-dealkylation sites (tertiary alicyclic amines) is 1. The molecule has 5 nitrogen and oxygen atoms in total. The smallest absolute Gasteiger partial charge is 0.274 e. The van der Waals surface area contributed by atoms with Crippen molar-refractivity contribution in [2.45, 2.75) is 51.5 Å². The van der Waals surface area contributed by atoms with E-state index in [4.69, 9.17) is 0 Å². The monoisotopic (exact) mass is 340 g/mol. The minimum atomic E-state index is -0.0733. The predicted octanol–water partition coefficient (Wildman–Crippen LogP) is 2.62. The lowest BCUT2D eigenvalue weighted by atomic mass is 10.1. The second-order valence-electron chi connectivity index (χ2n) is 7.77. The van der Waals surface area contributed by atoms with Gasteiger partial charge in [0.2, 0.25) is 0 Å². The maximum absolute atomic E-state index is 12.8. The highest BCUT2D eigenvalue weighted by atomic mass is 35.5. The third kappa shape index (κ3) is 3.89. The van der Waals surface area contributed by atoms with Gasteiger partial charge in [-0.25, -0.2) is 0 Å². The summed E-state index contributed by atoms with van der Waals surface area (Å²) in [5, 5.41) is 7.88. The van der Waals surface area contributed by atoms with Crippen molar-refractivity contribution in [1.82, 2.24) is 20.0 Å². The van der Waals surface area contributed by atoms with Crippen molar-refractivity contribution in [3.05, 3.63) is 17.5 Å². The van der Waals surface area contributed by atoms with Gasteiger partial charge in [0.15, 0.2) is 5.69 Å². The fourth-order valence-corrected chi connectivity index (χ4v) is 3.34. The zero-order valence-corrected chi connectivity index (χ0v) is 15.4. The number of amides is 1. The van der Waals surface area contributed by atoms with Crippen molar-refractivity contribution in [1.29, 1.82) is 0 Å². The van der Waals surface area contributed by atoms with Crippen LogP contribution in [0.15, 0.2) is 6.07 Å². The largest absolute Gasteiger partial charge is 0.337 e. The van der Waals surface area contributed by atoms with Crippen molar-refractivity contribution in [2.24, 2.45) is 5.92 Å². The SMILES string of the molecule is CNCC1CCN(C(=O)c2cc(C3CC3)n(C(C)(C)C)n2)C1.Cl. The number of hydrogen-bond acceptors (Lipinski definition) is 3. The van der Waals surface area contributed by atoms with Crippen LogP contribution in [0.2, 0.25) is 0 Å². The van der Waals surface area contributed by atoms with Crippen molar-refractivity contribution < 1.29 is 4.79 Å². The molecule has 2 aliphatic rings. The normalized spacial score (nSPS) is 21.4. The van der Waals surface area contributed by atoms with Gasteiger partial charge in [-0.1, -0.05) is 0 Å². The van der Waals surface area contributed by atoms with E-state index in [9.17, 15) is 4.79 Å². The average molecular weight is 341 g/mol. The second-order valence-corrected chi connectivity index (χ2v) is 7.77. The first-order valence-electron chi connectivity index (χ1n) is 8.44. The number of nitrogens with zero attached hydrogens (tertiary/aromatic N) is 3. The highest BCUT2D eigenvalue weighted by Gasteiger charge is 2.34. The van der Waals surface area contributed by atoms with Gasteiger partial charge in [0.1, 0.15) is 0 Å². The number of hydrogen-bond donors (Lipinski definition) is 1. The molecule has 1 atom stereocenters. The molecule has 1 aliphatic heterocycles. The number of halogens is 1. The number of nitrogens with one attached hydrogen (secondary N) is 1. The third-order valence-electron chi connectivity index (χ3n) is 4.65. The summed E-state index contributed by atoms with van der Waals surface area (Å²) in [4.78, 5) is 14.7. The van der Waals surface area contributed by atoms with Crippen molar-refractivity contribution in [3.8, 4) is 0 Å². The van der Waals surface area contributed by atoms with E-state index >= 15 is 0 Å². The Morgan fingerprint density at radius 3 is 2.61 bits per heavy atom. The van der Waals surface area contributed by atoms with Gasteiger partial charge in [0.05, 0.1) is 5.54 Å². The maximum Gasteiger partial charge on any atom is 0.274 e. The van der Waals surface area contributed by atoms with Gasteiger partial charge in [0.25, 0.3) is 5.91 Å². The van der Waals surface area contributed by atoms with Crippen LogP contribution >= 0.6 is 12.4 Å². The summed E-state index contributed by atoms with van der Waals surface area (Å²) >= 11 is 0. The molecule has 1 unspecified atom stereocenters. The van der Waals surface area contributed by atoms with Gasteiger partial charge in [-0.15, -0.1) is 12.4 Å². The Kier molecular flexibility index (Phi) is 5.41. The Morgan fingerprint density at radius 2 is 2.04 bits per heavy atom. The quantitative estimate of drug-likeness (QED) is 0.916. The molecule has 0 spiro atoms. The fourth-order valence-electron chi connectivity index (χ4n) is 3.34. The molecule has 1 amide bonds. The lowest BCUT2D eigenvalue weighted by Crippen LogP contribution is -2.31. The lowest BCUT2D eigenvalue weighted by Gasteiger charge is -2.22. The number of carbonyl (C=O) groups is 1. The molecule has 1 aromatic rings. The summed E-state index contributed by atoms with van der Waals surface area (Å²) < 4.78 is 2.07.